The summed E-state index contributed by atoms with van der Waals surface area (Å²) in [6.07, 6.45) is 4.96. The molecule has 0 radical (unpaired) electrons. The summed E-state index contributed by atoms with van der Waals surface area (Å²) < 4.78 is 11.4. The highest BCUT2D eigenvalue weighted by Crippen LogP contribution is 2.32. The summed E-state index contributed by atoms with van der Waals surface area (Å²) in [7, 11) is 0. The second-order valence-corrected chi connectivity index (χ2v) is 10.2. The van der Waals surface area contributed by atoms with Gasteiger partial charge in [-0.15, -0.1) is 0 Å². The van der Waals surface area contributed by atoms with Crippen molar-refractivity contribution in [3.63, 3.8) is 0 Å². The van der Waals surface area contributed by atoms with Crippen LogP contribution in [0, 0.1) is 0 Å². The summed E-state index contributed by atoms with van der Waals surface area (Å²) in [6.45, 7) is 7.02. The average Bonchev–Trinajstić information content (AvgIpc) is 2.89. The first kappa shape index (κ1) is 24.5. The highest BCUT2D eigenvalue weighted by atomic mass is 16.6. The Balaban J connectivity index is 1.33. The third kappa shape index (κ3) is 6.14. The molecule has 0 saturated carbocycles. The van der Waals surface area contributed by atoms with Gasteiger partial charge < -0.3 is 19.7 Å². The Morgan fingerprint density at radius 2 is 1.86 bits per heavy atom. The van der Waals surface area contributed by atoms with E-state index in [1.165, 1.54) is 0 Å². The maximum Gasteiger partial charge on any atom is 0.410 e. The number of pyridine rings is 1. The number of hydrogen-bond acceptors (Lipinski definition) is 7. The predicted octanol–water partition coefficient (Wildman–Crippen LogP) is 6.68. The molecule has 1 aliphatic heterocycles. The minimum absolute atomic E-state index is 0.217. The van der Waals surface area contributed by atoms with Crippen molar-refractivity contribution in [1.29, 1.82) is 0 Å². The third-order valence-electron chi connectivity index (χ3n) is 6.17. The first-order valence-corrected chi connectivity index (χ1v) is 12.5. The Labute approximate surface area is 216 Å². The van der Waals surface area contributed by atoms with Crippen LogP contribution < -0.4 is 10.1 Å². The molecule has 2 aromatic carbocycles. The van der Waals surface area contributed by atoms with E-state index in [1.54, 1.807) is 12.5 Å². The molecule has 0 spiro atoms. The number of nitrogens with one attached hydrogen (secondary N) is 1. The number of rotatable bonds is 5. The monoisotopic (exact) mass is 497 g/mol. The molecular formula is C29H31N5O3. The SMILES string of the molecule is CC(C)(C)OC(=O)N1CCCC(c2ccc3ncnc(Nc4ccc(Oc5ccccc5)nc4)c3c2)C1. The van der Waals surface area contributed by atoms with Crippen LogP contribution in [-0.4, -0.2) is 44.6 Å². The van der Waals surface area contributed by atoms with E-state index in [4.69, 9.17) is 9.47 Å². The zero-order chi connectivity index (χ0) is 25.8. The number of benzene rings is 2. The normalized spacial score (nSPS) is 15.9. The van der Waals surface area contributed by atoms with Gasteiger partial charge in [-0.3, -0.25) is 0 Å². The Bertz CT molecular complexity index is 1370. The van der Waals surface area contributed by atoms with E-state index >= 15 is 0 Å². The van der Waals surface area contributed by atoms with E-state index < -0.39 is 5.60 Å². The van der Waals surface area contributed by atoms with E-state index in [9.17, 15) is 4.79 Å². The molecule has 2 aromatic heterocycles. The lowest BCUT2D eigenvalue weighted by molar-refractivity contribution is 0.0198. The molecule has 190 valence electrons. The van der Waals surface area contributed by atoms with Crippen LogP contribution in [0.1, 0.15) is 45.1 Å². The molecule has 3 heterocycles. The molecule has 1 fully saturated rings. The molecule has 1 atom stereocenters. The molecule has 37 heavy (non-hydrogen) atoms. The fraction of sp³-hybridized carbons (Fsp3) is 0.310. The van der Waals surface area contributed by atoms with Crippen molar-refractivity contribution in [1.82, 2.24) is 19.9 Å². The van der Waals surface area contributed by atoms with Gasteiger partial charge in [0.15, 0.2) is 0 Å². The highest BCUT2D eigenvalue weighted by Gasteiger charge is 2.28. The molecule has 1 unspecified atom stereocenters. The van der Waals surface area contributed by atoms with Crippen LogP contribution in [0.3, 0.4) is 0 Å². The van der Waals surface area contributed by atoms with Crippen LogP contribution in [0.15, 0.2) is 73.2 Å². The van der Waals surface area contributed by atoms with Gasteiger partial charge in [0.1, 0.15) is 23.5 Å². The number of hydrogen-bond donors (Lipinski definition) is 1. The Kier molecular flexibility index (Phi) is 6.90. The second kappa shape index (κ2) is 10.4. The number of anilines is 2. The van der Waals surface area contributed by atoms with Gasteiger partial charge in [-0.25, -0.2) is 19.7 Å². The van der Waals surface area contributed by atoms with Crippen LogP contribution >= 0.6 is 0 Å². The van der Waals surface area contributed by atoms with Gasteiger partial charge >= 0.3 is 6.09 Å². The number of piperidine rings is 1. The van der Waals surface area contributed by atoms with Gasteiger partial charge in [0, 0.05) is 30.5 Å². The van der Waals surface area contributed by atoms with E-state index in [2.05, 4.69) is 32.4 Å². The molecule has 0 bridgehead atoms. The largest absolute Gasteiger partial charge is 0.444 e. The van der Waals surface area contributed by atoms with E-state index in [0.29, 0.717) is 24.8 Å². The number of nitrogens with zero attached hydrogens (tertiary/aromatic N) is 4. The van der Waals surface area contributed by atoms with Crippen LogP contribution in [0.2, 0.25) is 0 Å². The molecule has 8 heteroatoms. The van der Waals surface area contributed by atoms with Crippen LogP contribution in [0.5, 0.6) is 11.6 Å². The molecule has 1 saturated heterocycles. The van der Waals surface area contributed by atoms with Crippen molar-refractivity contribution >= 4 is 28.5 Å². The van der Waals surface area contributed by atoms with Gasteiger partial charge in [-0.2, -0.15) is 0 Å². The van der Waals surface area contributed by atoms with Crippen LogP contribution in [0.25, 0.3) is 10.9 Å². The second-order valence-electron chi connectivity index (χ2n) is 10.2. The molecule has 1 N–H and O–H groups in total. The molecule has 1 aliphatic rings. The number of ether oxygens (including phenoxy) is 2. The summed E-state index contributed by atoms with van der Waals surface area (Å²) >= 11 is 0. The smallest absolute Gasteiger partial charge is 0.410 e. The summed E-state index contributed by atoms with van der Waals surface area (Å²) in [4.78, 5) is 27.8. The molecular weight excluding hydrogens is 466 g/mol. The predicted molar refractivity (Wildman–Crippen MR) is 143 cm³/mol. The van der Waals surface area contributed by atoms with Crippen molar-refractivity contribution in [2.24, 2.45) is 0 Å². The lowest BCUT2D eigenvalue weighted by atomic mass is 9.90. The number of para-hydroxylation sites is 1. The molecule has 4 aromatic rings. The Morgan fingerprint density at radius 1 is 1.03 bits per heavy atom. The van der Waals surface area contributed by atoms with Crippen LogP contribution in [0.4, 0.5) is 16.3 Å². The first-order chi connectivity index (χ1) is 17.8. The van der Waals surface area contributed by atoms with Crippen molar-refractivity contribution in [2.75, 3.05) is 18.4 Å². The zero-order valence-corrected chi connectivity index (χ0v) is 21.3. The first-order valence-electron chi connectivity index (χ1n) is 12.5. The number of fused-ring (bicyclic) bond motifs is 1. The third-order valence-corrected chi connectivity index (χ3v) is 6.17. The van der Waals surface area contributed by atoms with Crippen molar-refractivity contribution in [3.8, 4) is 11.6 Å². The minimum Gasteiger partial charge on any atom is -0.444 e. The fourth-order valence-electron chi connectivity index (χ4n) is 4.43. The number of amides is 1. The minimum atomic E-state index is -0.508. The van der Waals surface area contributed by atoms with Crippen molar-refractivity contribution in [2.45, 2.75) is 45.1 Å². The van der Waals surface area contributed by atoms with Crippen molar-refractivity contribution < 1.29 is 14.3 Å². The lowest BCUT2D eigenvalue weighted by Crippen LogP contribution is -2.42. The Morgan fingerprint density at radius 3 is 2.62 bits per heavy atom. The van der Waals surface area contributed by atoms with E-state index in [1.807, 2.05) is 74.2 Å². The van der Waals surface area contributed by atoms with Gasteiger partial charge in [-0.05, 0) is 69.5 Å². The van der Waals surface area contributed by atoms with Crippen LogP contribution in [-0.2, 0) is 4.74 Å². The topological polar surface area (TPSA) is 89.5 Å². The number of likely N-dealkylation sites (tertiary alicyclic amines) is 1. The van der Waals surface area contributed by atoms with Gasteiger partial charge in [0.2, 0.25) is 5.88 Å². The maximum absolute atomic E-state index is 12.6. The summed E-state index contributed by atoms with van der Waals surface area (Å²) in [6, 6.07) is 19.5. The lowest BCUT2D eigenvalue weighted by Gasteiger charge is -2.34. The molecule has 8 nitrogen and oxygen atoms in total. The fourth-order valence-corrected chi connectivity index (χ4v) is 4.43. The zero-order valence-electron chi connectivity index (χ0n) is 21.3. The van der Waals surface area contributed by atoms with E-state index in [0.717, 1.165) is 40.7 Å². The quantitative estimate of drug-likeness (QED) is 0.329. The number of aromatic nitrogens is 3. The summed E-state index contributed by atoms with van der Waals surface area (Å²) in [5.41, 5.74) is 2.28. The van der Waals surface area contributed by atoms with Crippen molar-refractivity contribution in [3.05, 3.63) is 78.8 Å². The Hall–Kier alpha value is -4.20. The summed E-state index contributed by atoms with van der Waals surface area (Å²) in [5.74, 6) is 2.16. The standard InChI is InChI=1S/C29H31N5O3/c1-29(2,3)37-28(35)34-15-7-8-21(18-34)20-11-13-25-24(16-20)27(32-19-31-25)33-22-12-14-26(30-17-22)36-23-9-5-4-6-10-23/h4-6,9-14,16-17,19,21H,7-8,15,18H2,1-3H3,(H,31,32,33). The molecule has 5 rings (SSSR count). The molecule has 1 amide bonds. The highest BCUT2D eigenvalue weighted by molar-refractivity contribution is 5.91. The van der Waals surface area contributed by atoms with Gasteiger partial charge in [-0.1, -0.05) is 24.3 Å². The average molecular weight is 498 g/mol. The number of carbonyl (C=O) groups excluding carboxylic acids is 1. The van der Waals surface area contributed by atoms with Gasteiger partial charge in [0.05, 0.1) is 17.4 Å². The summed E-state index contributed by atoms with van der Waals surface area (Å²) in [5, 5.41) is 4.28. The maximum atomic E-state index is 12.6. The molecule has 0 aliphatic carbocycles. The number of carbonyl (C=O) groups is 1. The van der Waals surface area contributed by atoms with E-state index in [-0.39, 0.29) is 12.0 Å². The van der Waals surface area contributed by atoms with Gasteiger partial charge in [0.25, 0.3) is 0 Å².